The molecule has 1 N–H and O–H groups in total. The Morgan fingerprint density at radius 1 is 1.03 bits per heavy atom. The third kappa shape index (κ3) is 6.12. The Labute approximate surface area is 207 Å². The molecule has 0 fully saturated rings. The summed E-state index contributed by atoms with van der Waals surface area (Å²) in [6.45, 7) is 4.11. The van der Waals surface area contributed by atoms with Gasteiger partial charge in [0.15, 0.2) is 0 Å². The molecule has 1 aromatic heterocycles. The predicted molar refractivity (Wildman–Crippen MR) is 126 cm³/mol. The van der Waals surface area contributed by atoms with Gasteiger partial charge in [0.2, 0.25) is 0 Å². The molecule has 1 aliphatic heterocycles. The Morgan fingerprint density at radius 2 is 1.67 bits per heavy atom. The number of ether oxygens (including phenoxy) is 2. The van der Waals surface area contributed by atoms with E-state index >= 15 is 0 Å². The minimum atomic E-state index is -4.81. The highest BCUT2D eigenvalue weighted by atomic mass is 19.4. The number of allylic oxidation sites excluding steroid dienone is 2. The van der Waals surface area contributed by atoms with E-state index in [2.05, 4.69) is 10.3 Å². The number of pyridine rings is 1. The van der Waals surface area contributed by atoms with E-state index in [1.165, 1.54) is 19.1 Å². The molecule has 2 heterocycles. The number of nitrogens with one attached hydrogen (secondary N) is 1. The Morgan fingerprint density at radius 3 is 2.28 bits per heavy atom. The zero-order valence-electron chi connectivity index (χ0n) is 20.5. The molecule has 36 heavy (non-hydrogen) atoms. The van der Waals surface area contributed by atoms with Gasteiger partial charge in [0.25, 0.3) is 0 Å². The second kappa shape index (κ2) is 11.4. The van der Waals surface area contributed by atoms with Crippen molar-refractivity contribution in [3.63, 3.8) is 0 Å². The molecule has 0 radical (unpaired) electrons. The standard InChI is InChI=1S/C26H28F3N3O4/c1-16-20(24(33)35-4)22(19-11-8-12-30-23(19)26(27,28)29)21(17(2)31-16)25(34)36-14-13-32(3)15-18-9-6-5-7-10-18/h5-12,22,31H,13-15H2,1-4H3. The van der Waals surface area contributed by atoms with Gasteiger partial charge in [-0.2, -0.15) is 13.2 Å². The van der Waals surface area contributed by atoms with Gasteiger partial charge >= 0.3 is 18.1 Å². The normalized spacial score (nSPS) is 16.2. The van der Waals surface area contributed by atoms with Gasteiger partial charge in [-0.15, -0.1) is 0 Å². The molecule has 0 aliphatic carbocycles. The van der Waals surface area contributed by atoms with Gasteiger partial charge in [-0.25, -0.2) is 9.59 Å². The number of likely N-dealkylation sites (N-methyl/N-ethyl adjacent to an activating group) is 1. The minimum Gasteiger partial charge on any atom is -0.466 e. The fourth-order valence-electron chi connectivity index (χ4n) is 4.19. The molecule has 1 aromatic carbocycles. The SMILES string of the molecule is COC(=O)C1=C(C)NC(C)=C(C(=O)OCCN(C)Cc2ccccc2)C1c1cccnc1C(F)(F)F. The zero-order chi connectivity index (χ0) is 26.5. The number of dihydropyridines is 1. The molecule has 1 aliphatic rings. The van der Waals surface area contributed by atoms with E-state index in [0.29, 0.717) is 13.1 Å². The lowest BCUT2D eigenvalue weighted by atomic mass is 9.79. The number of aromatic nitrogens is 1. The van der Waals surface area contributed by atoms with E-state index in [9.17, 15) is 22.8 Å². The van der Waals surface area contributed by atoms with Crippen molar-refractivity contribution in [2.45, 2.75) is 32.5 Å². The van der Waals surface area contributed by atoms with Gasteiger partial charge < -0.3 is 14.8 Å². The van der Waals surface area contributed by atoms with E-state index in [1.807, 2.05) is 42.3 Å². The quantitative estimate of drug-likeness (QED) is 0.542. The molecule has 192 valence electrons. The Hall–Kier alpha value is -3.66. The van der Waals surface area contributed by atoms with Crippen LogP contribution in [0.3, 0.4) is 0 Å². The van der Waals surface area contributed by atoms with Crippen molar-refractivity contribution < 1.29 is 32.2 Å². The lowest BCUT2D eigenvalue weighted by Crippen LogP contribution is -2.34. The van der Waals surface area contributed by atoms with Crippen LogP contribution < -0.4 is 5.32 Å². The van der Waals surface area contributed by atoms with Crippen molar-refractivity contribution in [3.8, 4) is 0 Å². The predicted octanol–water partition coefficient (Wildman–Crippen LogP) is 4.18. The number of halogens is 3. The second-order valence-corrected chi connectivity index (χ2v) is 8.43. The van der Waals surface area contributed by atoms with Gasteiger partial charge in [0, 0.05) is 30.7 Å². The first-order valence-electron chi connectivity index (χ1n) is 11.2. The summed E-state index contributed by atoms with van der Waals surface area (Å²) < 4.78 is 51.9. The maximum Gasteiger partial charge on any atom is 0.433 e. The number of benzene rings is 1. The van der Waals surface area contributed by atoms with E-state index in [1.54, 1.807) is 6.92 Å². The summed E-state index contributed by atoms with van der Waals surface area (Å²) in [5.41, 5.74) is -0.100. The highest BCUT2D eigenvalue weighted by molar-refractivity contribution is 6.00. The van der Waals surface area contributed by atoms with E-state index in [0.717, 1.165) is 18.9 Å². The molecule has 3 rings (SSSR count). The topological polar surface area (TPSA) is 80.8 Å². The monoisotopic (exact) mass is 503 g/mol. The average Bonchev–Trinajstić information content (AvgIpc) is 2.83. The number of methoxy groups -OCH3 is 1. The maximum atomic E-state index is 13.9. The molecule has 1 atom stereocenters. The number of carbonyl (C=O) groups excluding carboxylic acids is 2. The van der Waals surface area contributed by atoms with Crippen molar-refractivity contribution in [2.24, 2.45) is 0 Å². The molecule has 0 saturated carbocycles. The smallest absolute Gasteiger partial charge is 0.433 e. The lowest BCUT2D eigenvalue weighted by molar-refractivity contribution is -0.143. The van der Waals surface area contributed by atoms with Crippen LogP contribution in [0.25, 0.3) is 0 Å². The summed E-state index contributed by atoms with van der Waals surface area (Å²) in [5, 5.41) is 2.91. The van der Waals surface area contributed by atoms with Crippen LogP contribution in [0.2, 0.25) is 0 Å². The Bertz CT molecular complexity index is 1180. The van der Waals surface area contributed by atoms with Crippen LogP contribution in [0.1, 0.15) is 36.6 Å². The fraction of sp³-hybridized carbons (Fsp3) is 0.346. The van der Waals surface area contributed by atoms with E-state index < -0.39 is 29.7 Å². The van der Waals surface area contributed by atoms with Crippen molar-refractivity contribution in [2.75, 3.05) is 27.3 Å². The molecular formula is C26H28F3N3O4. The van der Waals surface area contributed by atoms with Crippen LogP contribution >= 0.6 is 0 Å². The summed E-state index contributed by atoms with van der Waals surface area (Å²) >= 11 is 0. The van der Waals surface area contributed by atoms with Crippen LogP contribution in [-0.4, -0.2) is 49.1 Å². The molecule has 0 spiro atoms. The number of hydrogen-bond acceptors (Lipinski definition) is 7. The largest absolute Gasteiger partial charge is 0.466 e. The highest BCUT2D eigenvalue weighted by Gasteiger charge is 2.44. The van der Waals surface area contributed by atoms with E-state index in [-0.39, 0.29) is 34.7 Å². The summed E-state index contributed by atoms with van der Waals surface area (Å²) in [7, 11) is 2.99. The number of alkyl halides is 3. The maximum absolute atomic E-state index is 13.9. The number of rotatable bonds is 8. The fourth-order valence-corrected chi connectivity index (χ4v) is 4.19. The molecule has 2 aromatic rings. The van der Waals surface area contributed by atoms with Crippen LogP contribution in [0.15, 0.2) is 71.2 Å². The number of esters is 2. The molecule has 1 unspecified atom stereocenters. The second-order valence-electron chi connectivity index (χ2n) is 8.43. The van der Waals surface area contributed by atoms with Crippen molar-refractivity contribution >= 4 is 11.9 Å². The zero-order valence-corrected chi connectivity index (χ0v) is 20.5. The van der Waals surface area contributed by atoms with Gasteiger partial charge in [0.05, 0.1) is 24.2 Å². The van der Waals surface area contributed by atoms with Crippen molar-refractivity contribution in [1.82, 2.24) is 15.2 Å². The van der Waals surface area contributed by atoms with Crippen LogP contribution in [0, 0.1) is 0 Å². The Kier molecular flexibility index (Phi) is 8.52. The summed E-state index contributed by atoms with van der Waals surface area (Å²) in [6.07, 6.45) is -3.79. The third-order valence-electron chi connectivity index (χ3n) is 5.81. The molecule has 10 heteroatoms. The average molecular weight is 504 g/mol. The van der Waals surface area contributed by atoms with Crippen LogP contribution in [0.4, 0.5) is 13.2 Å². The minimum absolute atomic E-state index is 0.00108. The van der Waals surface area contributed by atoms with Crippen LogP contribution in [0.5, 0.6) is 0 Å². The number of hydrogen-bond donors (Lipinski definition) is 1. The van der Waals surface area contributed by atoms with Gasteiger partial charge in [-0.1, -0.05) is 36.4 Å². The number of carbonyl (C=O) groups is 2. The highest BCUT2D eigenvalue weighted by Crippen LogP contribution is 2.43. The third-order valence-corrected chi connectivity index (χ3v) is 5.81. The summed E-state index contributed by atoms with van der Waals surface area (Å²) in [6, 6.07) is 12.3. The molecule has 0 saturated heterocycles. The summed E-state index contributed by atoms with van der Waals surface area (Å²) in [4.78, 5) is 31.4. The Balaban J connectivity index is 1.90. The summed E-state index contributed by atoms with van der Waals surface area (Å²) in [5.74, 6) is -3.06. The molecule has 7 nitrogen and oxygen atoms in total. The number of nitrogens with zero attached hydrogens (tertiary/aromatic N) is 2. The van der Waals surface area contributed by atoms with Gasteiger partial charge in [-0.05, 0) is 38.1 Å². The molecule has 0 amide bonds. The van der Waals surface area contributed by atoms with Gasteiger partial charge in [0.1, 0.15) is 12.3 Å². The van der Waals surface area contributed by atoms with Crippen molar-refractivity contribution in [3.05, 3.63) is 88.0 Å². The lowest BCUT2D eigenvalue weighted by Gasteiger charge is -2.31. The van der Waals surface area contributed by atoms with Crippen LogP contribution in [-0.2, 0) is 31.8 Å². The van der Waals surface area contributed by atoms with E-state index in [4.69, 9.17) is 9.47 Å². The van der Waals surface area contributed by atoms with Gasteiger partial charge in [-0.3, -0.25) is 9.88 Å². The first kappa shape index (κ1) is 26.9. The molecule has 0 bridgehead atoms. The van der Waals surface area contributed by atoms with Crippen molar-refractivity contribution in [1.29, 1.82) is 0 Å². The first-order valence-corrected chi connectivity index (χ1v) is 11.2. The first-order chi connectivity index (χ1) is 17.0. The molecular weight excluding hydrogens is 475 g/mol.